The van der Waals surface area contributed by atoms with Crippen LogP contribution in [0.5, 0.6) is 0 Å². The van der Waals surface area contributed by atoms with Gasteiger partial charge in [0.1, 0.15) is 5.69 Å². The molecule has 4 heteroatoms. The SMILES string of the molecule is O=C(c1ccc(-c2ccccc2)cc1)c1c[nH]c(C(=O)O)c1. The maximum atomic E-state index is 12.3. The topological polar surface area (TPSA) is 70.2 Å². The van der Waals surface area contributed by atoms with Crippen molar-refractivity contribution < 1.29 is 14.7 Å². The van der Waals surface area contributed by atoms with Crippen LogP contribution in [0, 0.1) is 0 Å². The molecule has 0 spiro atoms. The van der Waals surface area contributed by atoms with Gasteiger partial charge in [0.2, 0.25) is 0 Å². The molecule has 4 nitrogen and oxygen atoms in total. The first-order valence-corrected chi connectivity index (χ1v) is 6.77. The number of hydrogen-bond donors (Lipinski definition) is 2. The van der Waals surface area contributed by atoms with Crippen LogP contribution < -0.4 is 0 Å². The first kappa shape index (κ1) is 13.8. The number of ketones is 1. The lowest BCUT2D eigenvalue weighted by molar-refractivity contribution is 0.0691. The van der Waals surface area contributed by atoms with Crippen molar-refractivity contribution in [3.63, 3.8) is 0 Å². The van der Waals surface area contributed by atoms with Crippen molar-refractivity contribution in [3.8, 4) is 11.1 Å². The van der Waals surface area contributed by atoms with E-state index in [-0.39, 0.29) is 11.5 Å². The summed E-state index contributed by atoms with van der Waals surface area (Å²) in [6.07, 6.45) is 1.41. The van der Waals surface area contributed by atoms with Crippen LogP contribution in [0.4, 0.5) is 0 Å². The Balaban J connectivity index is 1.86. The number of aromatic nitrogens is 1. The number of benzene rings is 2. The molecule has 2 aromatic carbocycles. The highest BCUT2D eigenvalue weighted by molar-refractivity contribution is 6.10. The third-order valence-corrected chi connectivity index (χ3v) is 3.43. The second-order valence-electron chi connectivity index (χ2n) is 4.88. The first-order chi connectivity index (χ1) is 10.6. The zero-order valence-electron chi connectivity index (χ0n) is 11.6. The fourth-order valence-electron chi connectivity index (χ4n) is 2.26. The van der Waals surface area contributed by atoms with Crippen molar-refractivity contribution in [2.75, 3.05) is 0 Å². The number of aromatic carboxylic acids is 1. The van der Waals surface area contributed by atoms with E-state index < -0.39 is 5.97 Å². The summed E-state index contributed by atoms with van der Waals surface area (Å²) in [6, 6.07) is 18.5. The maximum absolute atomic E-state index is 12.3. The lowest BCUT2D eigenvalue weighted by Gasteiger charge is -2.03. The maximum Gasteiger partial charge on any atom is 0.352 e. The summed E-state index contributed by atoms with van der Waals surface area (Å²) < 4.78 is 0. The summed E-state index contributed by atoms with van der Waals surface area (Å²) in [6.45, 7) is 0. The van der Waals surface area contributed by atoms with E-state index in [0.717, 1.165) is 11.1 Å². The van der Waals surface area contributed by atoms with E-state index in [1.54, 1.807) is 12.1 Å². The molecule has 0 saturated heterocycles. The molecule has 1 heterocycles. The summed E-state index contributed by atoms with van der Waals surface area (Å²) in [4.78, 5) is 25.7. The zero-order chi connectivity index (χ0) is 15.5. The smallest absolute Gasteiger partial charge is 0.352 e. The van der Waals surface area contributed by atoms with E-state index >= 15 is 0 Å². The normalized spacial score (nSPS) is 10.4. The van der Waals surface area contributed by atoms with Crippen LogP contribution in [0.25, 0.3) is 11.1 Å². The number of H-pyrrole nitrogens is 1. The third-order valence-electron chi connectivity index (χ3n) is 3.43. The Morgan fingerprint density at radius 3 is 2.05 bits per heavy atom. The fraction of sp³-hybridized carbons (Fsp3) is 0. The average molecular weight is 291 g/mol. The van der Waals surface area contributed by atoms with Gasteiger partial charge in [0, 0.05) is 17.3 Å². The monoisotopic (exact) mass is 291 g/mol. The lowest BCUT2D eigenvalue weighted by Crippen LogP contribution is -2.00. The van der Waals surface area contributed by atoms with Gasteiger partial charge in [-0.25, -0.2) is 4.79 Å². The largest absolute Gasteiger partial charge is 0.477 e. The van der Waals surface area contributed by atoms with Gasteiger partial charge in [0.25, 0.3) is 0 Å². The van der Waals surface area contributed by atoms with Gasteiger partial charge in [0.15, 0.2) is 5.78 Å². The van der Waals surface area contributed by atoms with Crippen molar-refractivity contribution in [1.82, 2.24) is 4.98 Å². The molecule has 0 aliphatic heterocycles. The number of carbonyl (C=O) groups is 2. The summed E-state index contributed by atoms with van der Waals surface area (Å²) in [7, 11) is 0. The van der Waals surface area contributed by atoms with Crippen LogP contribution >= 0.6 is 0 Å². The van der Waals surface area contributed by atoms with Gasteiger partial charge >= 0.3 is 5.97 Å². The molecular formula is C18H13NO3. The molecule has 0 radical (unpaired) electrons. The van der Waals surface area contributed by atoms with Crippen molar-refractivity contribution in [2.45, 2.75) is 0 Å². The molecule has 2 N–H and O–H groups in total. The van der Waals surface area contributed by atoms with Crippen LogP contribution in [0.1, 0.15) is 26.4 Å². The predicted molar refractivity (Wildman–Crippen MR) is 83.1 cm³/mol. The van der Waals surface area contributed by atoms with Gasteiger partial charge in [-0.3, -0.25) is 4.79 Å². The fourth-order valence-corrected chi connectivity index (χ4v) is 2.26. The van der Waals surface area contributed by atoms with Crippen LogP contribution in [0.3, 0.4) is 0 Å². The Bertz CT molecular complexity index is 817. The number of carboxylic acids is 1. The molecule has 0 bridgehead atoms. The predicted octanol–water partition coefficient (Wildman–Crippen LogP) is 3.61. The highest BCUT2D eigenvalue weighted by Gasteiger charge is 2.13. The van der Waals surface area contributed by atoms with Gasteiger partial charge in [-0.1, -0.05) is 54.6 Å². The number of carboxylic acid groups (broad SMARTS) is 1. The molecule has 0 amide bonds. The molecule has 0 aliphatic rings. The van der Waals surface area contributed by atoms with E-state index in [1.807, 2.05) is 42.5 Å². The molecule has 3 aromatic rings. The second-order valence-corrected chi connectivity index (χ2v) is 4.88. The minimum absolute atomic E-state index is 0.00394. The molecule has 0 unspecified atom stereocenters. The van der Waals surface area contributed by atoms with Gasteiger partial charge in [0.05, 0.1) is 0 Å². The summed E-state index contributed by atoms with van der Waals surface area (Å²) >= 11 is 0. The third kappa shape index (κ3) is 2.67. The summed E-state index contributed by atoms with van der Waals surface area (Å²) in [5.41, 5.74) is 2.97. The Labute approximate surface area is 127 Å². The van der Waals surface area contributed by atoms with E-state index in [4.69, 9.17) is 5.11 Å². The lowest BCUT2D eigenvalue weighted by atomic mass is 10.0. The quantitative estimate of drug-likeness (QED) is 0.721. The first-order valence-electron chi connectivity index (χ1n) is 6.77. The van der Waals surface area contributed by atoms with Crippen LogP contribution in [-0.2, 0) is 0 Å². The van der Waals surface area contributed by atoms with Crippen molar-refractivity contribution in [2.24, 2.45) is 0 Å². The molecule has 1 aromatic heterocycles. The van der Waals surface area contributed by atoms with E-state index in [9.17, 15) is 9.59 Å². The van der Waals surface area contributed by atoms with Crippen molar-refractivity contribution in [1.29, 1.82) is 0 Å². The van der Waals surface area contributed by atoms with Gasteiger partial charge in [-0.2, -0.15) is 0 Å². The molecule has 0 saturated carbocycles. The Morgan fingerprint density at radius 2 is 1.45 bits per heavy atom. The minimum Gasteiger partial charge on any atom is -0.477 e. The van der Waals surface area contributed by atoms with Gasteiger partial charge in [-0.15, -0.1) is 0 Å². The molecular weight excluding hydrogens is 278 g/mol. The van der Waals surface area contributed by atoms with E-state index in [2.05, 4.69) is 4.98 Å². The number of carbonyl (C=O) groups excluding carboxylic acids is 1. The van der Waals surface area contributed by atoms with Crippen LogP contribution in [0.15, 0.2) is 66.9 Å². The Kier molecular flexibility index (Phi) is 3.58. The molecule has 0 aliphatic carbocycles. The molecule has 22 heavy (non-hydrogen) atoms. The molecule has 108 valence electrons. The van der Waals surface area contributed by atoms with Crippen LogP contribution in [-0.4, -0.2) is 21.8 Å². The van der Waals surface area contributed by atoms with Crippen molar-refractivity contribution >= 4 is 11.8 Å². The van der Waals surface area contributed by atoms with E-state index in [0.29, 0.717) is 11.1 Å². The highest BCUT2D eigenvalue weighted by atomic mass is 16.4. The highest BCUT2D eigenvalue weighted by Crippen LogP contribution is 2.20. The molecule has 3 rings (SSSR count). The molecule has 0 fully saturated rings. The average Bonchev–Trinajstić information content (AvgIpc) is 3.05. The Morgan fingerprint density at radius 1 is 0.818 bits per heavy atom. The number of aromatic amines is 1. The minimum atomic E-state index is -1.08. The van der Waals surface area contributed by atoms with Gasteiger partial charge in [-0.05, 0) is 17.2 Å². The van der Waals surface area contributed by atoms with Crippen molar-refractivity contribution in [3.05, 3.63) is 83.7 Å². The Hall–Kier alpha value is -3.14. The molecule has 0 atom stereocenters. The number of nitrogens with one attached hydrogen (secondary N) is 1. The van der Waals surface area contributed by atoms with E-state index in [1.165, 1.54) is 12.3 Å². The van der Waals surface area contributed by atoms with Crippen LogP contribution in [0.2, 0.25) is 0 Å². The summed E-state index contributed by atoms with van der Waals surface area (Å²) in [5.74, 6) is -1.29. The summed E-state index contributed by atoms with van der Waals surface area (Å²) in [5, 5.41) is 8.87. The zero-order valence-corrected chi connectivity index (χ0v) is 11.6. The standard InChI is InChI=1S/C18H13NO3/c20-17(15-10-16(18(21)22)19-11-15)14-8-6-13(7-9-14)12-4-2-1-3-5-12/h1-11,19H,(H,21,22). The number of rotatable bonds is 4. The second kappa shape index (κ2) is 5.69. The van der Waals surface area contributed by atoms with Gasteiger partial charge < -0.3 is 10.1 Å². The number of hydrogen-bond acceptors (Lipinski definition) is 2.